The van der Waals surface area contributed by atoms with E-state index >= 15 is 0 Å². The van der Waals surface area contributed by atoms with Crippen LogP contribution in [0.4, 0.5) is 13.2 Å². The van der Waals surface area contributed by atoms with E-state index in [0.717, 1.165) is 15.8 Å². The van der Waals surface area contributed by atoms with Crippen LogP contribution in [0.5, 0.6) is 0 Å². The van der Waals surface area contributed by atoms with Crippen molar-refractivity contribution in [3.63, 3.8) is 0 Å². The van der Waals surface area contributed by atoms with Crippen molar-refractivity contribution in [2.45, 2.75) is 33.4 Å². The first kappa shape index (κ1) is 16.1. The van der Waals surface area contributed by atoms with E-state index in [9.17, 15) is 18.0 Å². The van der Waals surface area contributed by atoms with Gasteiger partial charge in [-0.05, 0) is 38.3 Å². The highest BCUT2D eigenvalue weighted by Crippen LogP contribution is 2.35. The topological polar surface area (TPSA) is 48.0 Å². The minimum atomic E-state index is -4.60. The molecule has 1 heterocycles. The molecule has 1 aromatic carbocycles. The second-order valence-electron chi connectivity index (χ2n) is 5.50. The summed E-state index contributed by atoms with van der Waals surface area (Å²) in [6, 6.07) is 3.57. The van der Waals surface area contributed by atoms with E-state index in [0.29, 0.717) is 18.1 Å². The van der Waals surface area contributed by atoms with Crippen molar-refractivity contribution >= 4 is 10.9 Å². The summed E-state index contributed by atoms with van der Waals surface area (Å²) in [7, 11) is 0. The van der Waals surface area contributed by atoms with Crippen LogP contribution in [0.2, 0.25) is 0 Å². The average Bonchev–Trinajstić information content (AvgIpc) is 2.40. The third-order valence-corrected chi connectivity index (χ3v) is 3.62. The highest BCUT2D eigenvalue weighted by molar-refractivity contribution is 5.87. The zero-order valence-corrected chi connectivity index (χ0v) is 12.6. The van der Waals surface area contributed by atoms with Gasteiger partial charge in [0.2, 0.25) is 0 Å². The number of nitrogens with two attached hydrogens (primary N) is 1. The Hall–Kier alpha value is -2.24. The Balaban J connectivity index is 2.82. The molecule has 22 heavy (non-hydrogen) atoms. The number of rotatable bonds is 2. The Morgan fingerprint density at radius 3 is 2.50 bits per heavy atom. The fourth-order valence-corrected chi connectivity index (χ4v) is 2.42. The summed E-state index contributed by atoms with van der Waals surface area (Å²) in [5.74, 6) is 5.68. The molecule has 0 amide bonds. The molecule has 0 aliphatic carbocycles. The Kier molecular flexibility index (Phi) is 4.04. The average molecular weight is 310 g/mol. The number of allylic oxidation sites excluding steroid dienone is 2. The molecule has 2 rings (SSSR count). The van der Waals surface area contributed by atoms with Gasteiger partial charge in [0.05, 0.1) is 11.1 Å². The highest BCUT2D eigenvalue weighted by Gasteiger charge is 2.34. The van der Waals surface area contributed by atoms with Crippen LogP contribution < -0.4 is 11.4 Å². The number of pyridine rings is 1. The summed E-state index contributed by atoms with van der Waals surface area (Å²) < 4.78 is 40.1. The van der Waals surface area contributed by atoms with Crippen LogP contribution >= 0.6 is 0 Å². The van der Waals surface area contributed by atoms with Gasteiger partial charge in [-0.3, -0.25) is 4.79 Å². The molecule has 0 aliphatic heterocycles. The molecule has 0 saturated heterocycles. The molecule has 118 valence electrons. The van der Waals surface area contributed by atoms with Crippen LogP contribution in [0.3, 0.4) is 0 Å². The van der Waals surface area contributed by atoms with Crippen molar-refractivity contribution in [2.75, 3.05) is 5.84 Å². The summed E-state index contributed by atoms with van der Waals surface area (Å²) in [5.41, 5.74) is 0.828. The van der Waals surface area contributed by atoms with Crippen LogP contribution in [-0.4, -0.2) is 4.68 Å². The number of alkyl halides is 3. The van der Waals surface area contributed by atoms with Gasteiger partial charge in [0.15, 0.2) is 0 Å². The Bertz CT molecular complexity index is 813. The van der Waals surface area contributed by atoms with Crippen molar-refractivity contribution in [1.29, 1.82) is 0 Å². The first-order valence-electron chi connectivity index (χ1n) is 6.76. The van der Waals surface area contributed by atoms with Gasteiger partial charge in [0.25, 0.3) is 5.56 Å². The highest BCUT2D eigenvalue weighted by atomic mass is 19.4. The molecule has 0 saturated carbocycles. The van der Waals surface area contributed by atoms with Crippen molar-refractivity contribution in [3.05, 3.63) is 56.9 Å². The van der Waals surface area contributed by atoms with E-state index < -0.39 is 17.3 Å². The van der Waals surface area contributed by atoms with Gasteiger partial charge in [-0.15, -0.1) is 0 Å². The Labute approximate surface area is 125 Å². The molecule has 1 aromatic heterocycles. The number of nitrogens with zero attached hydrogens (tertiary/aromatic N) is 1. The Morgan fingerprint density at radius 2 is 1.95 bits per heavy atom. The Morgan fingerprint density at radius 1 is 1.32 bits per heavy atom. The van der Waals surface area contributed by atoms with E-state index in [1.165, 1.54) is 6.07 Å². The number of halogens is 3. The monoisotopic (exact) mass is 310 g/mol. The lowest BCUT2D eigenvalue weighted by Crippen LogP contribution is -2.29. The fraction of sp³-hybridized carbons (Fsp3) is 0.312. The van der Waals surface area contributed by atoms with Gasteiger partial charge >= 0.3 is 6.18 Å². The fourth-order valence-electron chi connectivity index (χ4n) is 2.42. The normalized spacial score (nSPS) is 11.7. The van der Waals surface area contributed by atoms with Crippen LogP contribution in [0.1, 0.15) is 30.5 Å². The van der Waals surface area contributed by atoms with Crippen LogP contribution in [-0.2, 0) is 12.6 Å². The van der Waals surface area contributed by atoms with Gasteiger partial charge in [0.1, 0.15) is 0 Å². The molecule has 2 aromatic rings. The zero-order chi connectivity index (χ0) is 16.7. The van der Waals surface area contributed by atoms with E-state index in [1.54, 1.807) is 13.0 Å². The summed E-state index contributed by atoms with van der Waals surface area (Å²) in [6.07, 6.45) is -2.05. The van der Waals surface area contributed by atoms with Gasteiger partial charge in [0, 0.05) is 11.5 Å². The summed E-state index contributed by atoms with van der Waals surface area (Å²) in [4.78, 5) is 11.8. The predicted octanol–water partition coefficient (Wildman–Crippen LogP) is 3.55. The summed E-state index contributed by atoms with van der Waals surface area (Å²) in [6.45, 7) is 5.56. The van der Waals surface area contributed by atoms with Gasteiger partial charge < -0.3 is 5.84 Å². The molecular formula is C16H17F3N2O. The van der Waals surface area contributed by atoms with Crippen LogP contribution in [0.25, 0.3) is 10.9 Å². The molecule has 0 atom stereocenters. The number of nitrogen functional groups attached to an aromatic ring is 1. The molecule has 6 heteroatoms. The van der Waals surface area contributed by atoms with Gasteiger partial charge in [-0.1, -0.05) is 23.8 Å². The molecule has 0 spiro atoms. The smallest absolute Gasteiger partial charge is 0.336 e. The quantitative estimate of drug-likeness (QED) is 0.681. The molecule has 0 bridgehead atoms. The molecule has 0 radical (unpaired) electrons. The maximum Gasteiger partial charge on any atom is 0.417 e. The maximum atomic E-state index is 13.1. The molecule has 3 nitrogen and oxygen atoms in total. The third kappa shape index (κ3) is 2.86. The summed E-state index contributed by atoms with van der Waals surface area (Å²) >= 11 is 0. The molecule has 0 unspecified atom stereocenters. The number of fused-ring (bicyclic) bond motifs is 1. The molecule has 0 fully saturated rings. The van der Waals surface area contributed by atoms with Gasteiger partial charge in [-0.25, -0.2) is 4.68 Å². The van der Waals surface area contributed by atoms with E-state index in [1.807, 2.05) is 19.9 Å². The van der Waals surface area contributed by atoms with Crippen molar-refractivity contribution in [3.8, 4) is 0 Å². The third-order valence-electron chi connectivity index (χ3n) is 3.62. The minimum Gasteiger partial charge on any atom is -0.336 e. The van der Waals surface area contributed by atoms with Crippen molar-refractivity contribution in [2.24, 2.45) is 0 Å². The van der Waals surface area contributed by atoms with Crippen LogP contribution in [0, 0.1) is 6.92 Å². The second kappa shape index (κ2) is 5.51. The van der Waals surface area contributed by atoms with E-state index in [-0.39, 0.29) is 10.9 Å². The van der Waals surface area contributed by atoms with E-state index in [4.69, 9.17) is 5.84 Å². The van der Waals surface area contributed by atoms with Crippen molar-refractivity contribution in [1.82, 2.24) is 4.68 Å². The first-order chi connectivity index (χ1) is 10.1. The van der Waals surface area contributed by atoms with Crippen LogP contribution in [0.15, 0.2) is 34.6 Å². The number of hydrogen-bond donors (Lipinski definition) is 1. The number of aromatic nitrogens is 1. The zero-order valence-electron chi connectivity index (χ0n) is 12.6. The number of hydrogen-bond acceptors (Lipinski definition) is 2. The predicted molar refractivity (Wildman–Crippen MR) is 81.2 cm³/mol. The largest absolute Gasteiger partial charge is 0.417 e. The van der Waals surface area contributed by atoms with E-state index in [2.05, 4.69) is 0 Å². The van der Waals surface area contributed by atoms with Gasteiger partial charge in [-0.2, -0.15) is 13.2 Å². The number of aryl methyl sites for hydroxylation is 1. The standard InChI is InChI=1S/C16H17F3N2O/c1-9(2)4-5-11-6-7-12-13(16(17,18)19)8-14(22)21(20)15(12)10(11)3/h4,6-8H,5,20H2,1-3H3. The molecule has 0 aliphatic rings. The molecule has 2 N–H and O–H groups in total. The minimum absolute atomic E-state index is 0.0620. The second-order valence-corrected chi connectivity index (χ2v) is 5.50. The summed E-state index contributed by atoms with van der Waals surface area (Å²) in [5, 5.41) is -0.0620. The lowest BCUT2D eigenvalue weighted by atomic mass is 9.98. The lowest BCUT2D eigenvalue weighted by Gasteiger charge is -2.16. The number of benzene rings is 1. The maximum absolute atomic E-state index is 13.1. The molecular weight excluding hydrogens is 293 g/mol. The lowest BCUT2D eigenvalue weighted by molar-refractivity contribution is -0.136. The SMILES string of the molecule is CC(C)=CCc1ccc2c(C(F)(F)F)cc(=O)n(N)c2c1C. The first-order valence-corrected chi connectivity index (χ1v) is 6.76. The van der Waals surface area contributed by atoms with Crippen molar-refractivity contribution < 1.29 is 13.2 Å².